The lowest BCUT2D eigenvalue weighted by atomic mass is 10.1. The van der Waals surface area contributed by atoms with Crippen molar-refractivity contribution in [2.45, 2.75) is 6.10 Å². The van der Waals surface area contributed by atoms with Crippen LogP contribution in [-0.4, -0.2) is 60.7 Å². The Kier molecular flexibility index (Phi) is 4.57. The van der Waals surface area contributed by atoms with Crippen molar-refractivity contribution in [1.29, 1.82) is 0 Å². The molecule has 8 heteroatoms. The standard InChI is InChI=1S/C18H20N4O4/c1-19-17-15(20-5-6-21-17)14-11-22(7-8-24-14)18(23)12-3-2-4-13-16(12)26-10-9-25-13/h2-6,14H,7-11H2,1H3,(H,19,21)/t14-/m1/s1. The average molecular weight is 356 g/mol. The van der Waals surface area contributed by atoms with Crippen LogP contribution in [0.3, 0.4) is 0 Å². The van der Waals surface area contributed by atoms with Crippen molar-refractivity contribution in [2.24, 2.45) is 0 Å². The van der Waals surface area contributed by atoms with E-state index in [1.165, 1.54) is 0 Å². The molecule has 0 bridgehead atoms. The number of rotatable bonds is 3. The van der Waals surface area contributed by atoms with Crippen LogP contribution in [0.15, 0.2) is 30.6 Å². The number of aromatic nitrogens is 2. The molecule has 1 atom stereocenters. The Labute approximate surface area is 151 Å². The van der Waals surface area contributed by atoms with Crippen LogP contribution in [0.5, 0.6) is 11.5 Å². The molecule has 0 aliphatic carbocycles. The van der Waals surface area contributed by atoms with Crippen molar-refractivity contribution in [2.75, 3.05) is 45.3 Å². The number of carbonyl (C=O) groups is 1. The fourth-order valence-electron chi connectivity index (χ4n) is 3.19. The molecule has 4 rings (SSSR count). The van der Waals surface area contributed by atoms with E-state index in [4.69, 9.17) is 14.2 Å². The van der Waals surface area contributed by atoms with Crippen molar-refractivity contribution in [3.8, 4) is 11.5 Å². The summed E-state index contributed by atoms with van der Waals surface area (Å²) in [4.78, 5) is 23.5. The molecule has 1 aromatic carbocycles. The zero-order valence-corrected chi connectivity index (χ0v) is 14.5. The maximum Gasteiger partial charge on any atom is 0.257 e. The maximum absolute atomic E-state index is 13.1. The Morgan fingerprint density at radius 1 is 1.19 bits per heavy atom. The monoisotopic (exact) mass is 356 g/mol. The van der Waals surface area contributed by atoms with Gasteiger partial charge >= 0.3 is 0 Å². The van der Waals surface area contributed by atoms with E-state index in [2.05, 4.69) is 15.3 Å². The van der Waals surface area contributed by atoms with Gasteiger partial charge in [0.2, 0.25) is 0 Å². The Balaban J connectivity index is 1.58. The normalized spacial score (nSPS) is 19.1. The SMILES string of the molecule is CNc1nccnc1[C@H]1CN(C(=O)c2cccc3c2OCCO3)CCO1. The number of hydrogen-bond donors (Lipinski definition) is 1. The summed E-state index contributed by atoms with van der Waals surface area (Å²) in [7, 11) is 1.78. The summed E-state index contributed by atoms with van der Waals surface area (Å²) in [5.74, 6) is 1.68. The number of fused-ring (bicyclic) bond motifs is 1. The third-order valence-electron chi connectivity index (χ3n) is 4.42. The number of hydrogen-bond acceptors (Lipinski definition) is 7. The first-order valence-electron chi connectivity index (χ1n) is 8.56. The predicted octanol–water partition coefficient (Wildman–Crippen LogP) is 1.50. The van der Waals surface area contributed by atoms with Gasteiger partial charge in [0.1, 0.15) is 30.8 Å². The minimum atomic E-state index is -0.333. The van der Waals surface area contributed by atoms with Crippen LogP contribution < -0.4 is 14.8 Å². The predicted molar refractivity (Wildman–Crippen MR) is 93.6 cm³/mol. The molecule has 1 amide bonds. The van der Waals surface area contributed by atoms with E-state index in [1.807, 2.05) is 6.07 Å². The fourth-order valence-corrected chi connectivity index (χ4v) is 3.19. The van der Waals surface area contributed by atoms with Gasteiger partial charge in [-0.05, 0) is 12.1 Å². The lowest BCUT2D eigenvalue weighted by Gasteiger charge is -2.33. The highest BCUT2D eigenvalue weighted by Crippen LogP contribution is 2.35. The molecule has 136 valence electrons. The van der Waals surface area contributed by atoms with Gasteiger partial charge in [-0.25, -0.2) is 4.98 Å². The van der Waals surface area contributed by atoms with Gasteiger partial charge < -0.3 is 24.4 Å². The summed E-state index contributed by atoms with van der Waals surface area (Å²) in [6.45, 7) is 2.27. The number of morpholine rings is 1. The molecule has 0 saturated carbocycles. The Bertz CT molecular complexity index is 814. The zero-order valence-electron chi connectivity index (χ0n) is 14.5. The molecule has 0 spiro atoms. The van der Waals surface area contributed by atoms with Gasteiger partial charge in [0.05, 0.1) is 18.7 Å². The zero-order chi connectivity index (χ0) is 17.9. The second-order valence-electron chi connectivity index (χ2n) is 5.98. The average Bonchev–Trinajstić information content (AvgIpc) is 2.73. The molecule has 2 aromatic rings. The molecule has 1 saturated heterocycles. The van der Waals surface area contributed by atoms with E-state index >= 15 is 0 Å². The number of benzene rings is 1. The highest BCUT2D eigenvalue weighted by atomic mass is 16.6. The molecule has 3 heterocycles. The highest BCUT2D eigenvalue weighted by molar-refractivity contribution is 5.98. The van der Waals surface area contributed by atoms with Crippen LogP contribution >= 0.6 is 0 Å². The van der Waals surface area contributed by atoms with E-state index in [9.17, 15) is 4.79 Å². The van der Waals surface area contributed by atoms with Crippen LogP contribution in [-0.2, 0) is 4.74 Å². The smallest absolute Gasteiger partial charge is 0.257 e. The number of nitrogens with zero attached hydrogens (tertiary/aromatic N) is 3. The molecule has 1 aromatic heterocycles. The summed E-state index contributed by atoms with van der Waals surface area (Å²) < 4.78 is 17.1. The molecular weight excluding hydrogens is 336 g/mol. The number of nitrogens with one attached hydrogen (secondary N) is 1. The number of ether oxygens (including phenoxy) is 3. The van der Waals surface area contributed by atoms with E-state index in [0.29, 0.717) is 61.5 Å². The van der Waals surface area contributed by atoms with Crippen molar-refractivity contribution < 1.29 is 19.0 Å². The lowest BCUT2D eigenvalue weighted by molar-refractivity contribution is -0.0246. The van der Waals surface area contributed by atoms with E-state index in [0.717, 1.165) is 0 Å². The number of amides is 1. The quantitative estimate of drug-likeness (QED) is 0.892. The van der Waals surface area contributed by atoms with Crippen molar-refractivity contribution in [1.82, 2.24) is 14.9 Å². The van der Waals surface area contributed by atoms with Gasteiger partial charge in [0.15, 0.2) is 11.5 Å². The molecule has 0 radical (unpaired) electrons. The van der Waals surface area contributed by atoms with Crippen LogP contribution in [0.2, 0.25) is 0 Å². The van der Waals surface area contributed by atoms with Crippen LogP contribution in [0.1, 0.15) is 22.2 Å². The van der Waals surface area contributed by atoms with E-state index in [-0.39, 0.29) is 12.0 Å². The number of anilines is 1. The molecule has 2 aliphatic heterocycles. The molecule has 1 N–H and O–H groups in total. The second kappa shape index (κ2) is 7.17. The summed E-state index contributed by atoms with van der Waals surface area (Å²) in [6, 6.07) is 5.38. The first kappa shape index (κ1) is 16.6. The van der Waals surface area contributed by atoms with Gasteiger partial charge in [-0.15, -0.1) is 0 Å². The molecule has 1 fully saturated rings. The summed E-state index contributed by atoms with van der Waals surface area (Å²) in [6.07, 6.45) is 2.91. The molecule has 26 heavy (non-hydrogen) atoms. The van der Waals surface area contributed by atoms with Crippen molar-refractivity contribution >= 4 is 11.7 Å². The third-order valence-corrected chi connectivity index (χ3v) is 4.42. The Hall–Kier alpha value is -2.87. The van der Waals surface area contributed by atoms with Gasteiger partial charge in [-0.3, -0.25) is 9.78 Å². The Morgan fingerprint density at radius 2 is 2.04 bits per heavy atom. The number of carbonyl (C=O) groups excluding carboxylic acids is 1. The van der Waals surface area contributed by atoms with Crippen molar-refractivity contribution in [3.63, 3.8) is 0 Å². The van der Waals surface area contributed by atoms with Crippen LogP contribution in [0.4, 0.5) is 5.82 Å². The molecule has 2 aliphatic rings. The van der Waals surface area contributed by atoms with Crippen LogP contribution in [0.25, 0.3) is 0 Å². The molecular formula is C18H20N4O4. The van der Waals surface area contributed by atoms with Gasteiger partial charge in [0, 0.05) is 26.0 Å². The summed E-state index contributed by atoms with van der Waals surface area (Å²) in [5.41, 5.74) is 1.21. The third kappa shape index (κ3) is 3.03. The minimum absolute atomic E-state index is 0.101. The maximum atomic E-state index is 13.1. The van der Waals surface area contributed by atoms with E-state index < -0.39 is 0 Å². The van der Waals surface area contributed by atoms with Gasteiger partial charge in [-0.1, -0.05) is 6.07 Å². The van der Waals surface area contributed by atoms with E-state index in [1.54, 1.807) is 36.5 Å². The first-order valence-corrected chi connectivity index (χ1v) is 8.56. The largest absolute Gasteiger partial charge is 0.486 e. The van der Waals surface area contributed by atoms with Gasteiger partial charge in [0.25, 0.3) is 5.91 Å². The molecule has 0 unspecified atom stereocenters. The fraction of sp³-hybridized carbons (Fsp3) is 0.389. The number of para-hydroxylation sites is 1. The van der Waals surface area contributed by atoms with Crippen molar-refractivity contribution in [3.05, 3.63) is 41.9 Å². The van der Waals surface area contributed by atoms with Crippen LogP contribution in [0, 0.1) is 0 Å². The second-order valence-corrected chi connectivity index (χ2v) is 5.98. The lowest BCUT2D eigenvalue weighted by Crippen LogP contribution is -2.42. The highest BCUT2D eigenvalue weighted by Gasteiger charge is 2.31. The Morgan fingerprint density at radius 3 is 2.92 bits per heavy atom. The van der Waals surface area contributed by atoms with Gasteiger partial charge in [-0.2, -0.15) is 0 Å². The first-order chi connectivity index (χ1) is 12.8. The summed E-state index contributed by atoms with van der Waals surface area (Å²) >= 11 is 0. The topological polar surface area (TPSA) is 85.8 Å². The summed E-state index contributed by atoms with van der Waals surface area (Å²) in [5, 5.41) is 3.02. The molecule has 8 nitrogen and oxygen atoms in total. The minimum Gasteiger partial charge on any atom is -0.486 e.